The van der Waals surface area contributed by atoms with Crippen molar-refractivity contribution >= 4 is 23.3 Å². The molecule has 2 aromatic heterocycles. The van der Waals surface area contributed by atoms with Crippen LogP contribution in [0.5, 0.6) is 5.88 Å². The van der Waals surface area contributed by atoms with Gasteiger partial charge in [0, 0.05) is 38.3 Å². The van der Waals surface area contributed by atoms with Gasteiger partial charge < -0.3 is 19.9 Å². The highest BCUT2D eigenvalue weighted by atomic mass is 19.2. The molecule has 0 radical (unpaired) electrons. The lowest BCUT2D eigenvalue weighted by atomic mass is 9.92. The zero-order chi connectivity index (χ0) is 24.1. The highest BCUT2D eigenvalue weighted by Gasteiger charge is 2.43. The van der Waals surface area contributed by atoms with Crippen LogP contribution >= 0.6 is 0 Å². The van der Waals surface area contributed by atoms with Crippen LogP contribution in [0, 0.1) is 29.3 Å². The first-order valence-corrected chi connectivity index (χ1v) is 11.8. The molecule has 1 saturated carbocycles. The minimum Gasteiger partial charge on any atom is -0.480 e. The summed E-state index contributed by atoms with van der Waals surface area (Å²) in [5.74, 6) is -1.74. The van der Waals surface area contributed by atoms with Gasteiger partial charge >= 0.3 is 0 Å². The van der Waals surface area contributed by atoms with Gasteiger partial charge in [-0.25, -0.2) is 17.9 Å². The predicted molar refractivity (Wildman–Crippen MR) is 122 cm³/mol. The molecule has 0 unspecified atom stereocenters. The molecule has 3 atom stereocenters. The van der Waals surface area contributed by atoms with Gasteiger partial charge in [-0.2, -0.15) is 10.1 Å². The highest BCUT2D eigenvalue weighted by Crippen LogP contribution is 2.40. The van der Waals surface area contributed by atoms with Gasteiger partial charge in [0.05, 0.1) is 24.7 Å². The number of aryl methyl sites for hydroxylation is 1. The van der Waals surface area contributed by atoms with E-state index in [9.17, 15) is 13.2 Å². The van der Waals surface area contributed by atoms with E-state index in [0.717, 1.165) is 37.7 Å². The summed E-state index contributed by atoms with van der Waals surface area (Å²) in [5, 5.41) is 16.1. The van der Waals surface area contributed by atoms with Crippen molar-refractivity contribution in [2.45, 2.75) is 31.8 Å². The molecule has 3 aliphatic rings. The fraction of sp³-hybridized carbons (Fsp3) is 0.478. The molecule has 1 saturated heterocycles. The van der Waals surface area contributed by atoms with Gasteiger partial charge in [0.15, 0.2) is 17.5 Å². The van der Waals surface area contributed by atoms with E-state index in [4.69, 9.17) is 4.74 Å². The number of halogens is 3. The minimum atomic E-state index is -1.48. The van der Waals surface area contributed by atoms with E-state index >= 15 is 0 Å². The lowest BCUT2D eigenvalue weighted by molar-refractivity contribution is 0.372. The van der Waals surface area contributed by atoms with Crippen LogP contribution in [0.4, 0.5) is 36.4 Å². The lowest BCUT2D eigenvalue weighted by Gasteiger charge is -2.39. The van der Waals surface area contributed by atoms with Crippen molar-refractivity contribution in [3.8, 4) is 5.88 Å². The monoisotopic (exact) mass is 486 g/mol. The molecule has 184 valence electrons. The molecule has 6 rings (SSSR count). The molecule has 35 heavy (non-hydrogen) atoms. The van der Waals surface area contributed by atoms with Crippen molar-refractivity contribution in [1.82, 2.24) is 25.0 Å². The van der Waals surface area contributed by atoms with E-state index in [1.54, 1.807) is 22.9 Å². The number of methoxy groups -OCH3 is 1. The maximum absolute atomic E-state index is 14.5. The molecule has 2 fully saturated rings. The van der Waals surface area contributed by atoms with Gasteiger partial charge in [0.1, 0.15) is 0 Å². The topological polar surface area (TPSA) is 84.2 Å². The largest absolute Gasteiger partial charge is 0.480 e. The van der Waals surface area contributed by atoms with Gasteiger partial charge in [0.2, 0.25) is 17.8 Å². The van der Waals surface area contributed by atoms with Gasteiger partial charge in [0.25, 0.3) is 0 Å². The minimum absolute atomic E-state index is 0.0430. The number of hydrogen-bond acceptors (Lipinski definition) is 8. The smallest absolute Gasteiger partial charge is 0.244 e. The van der Waals surface area contributed by atoms with Crippen LogP contribution in [0.2, 0.25) is 0 Å². The SMILES string of the molecule is COc1cc(N2C[C@H]3CC[C@@H](C2)[C@H]3Nc2nc3n(n2)CCCN3c2ccc(F)c(F)c2F)cnn1. The summed E-state index contributed by atoms with van der Waals surface area (Å²) in [6.45, 7) is 2.78. The van der Waals surface area contributed by atoms with Crippen LogP contribution in [-0.2, 0) is 6.54 Å². The first-order chi connectivity index (χ1) is 17.0. The van der Waals surface area contributed by atoms with Crippen LogP contribution in [0.25, 0.3) is 0 Å². The van der Waals surface area contributed by atoms with E-state index in [-0.39, 0.29) is 11.7 Å². The number of nitrogens with one attached hydrogen (secondary N) is 1. The molecule has 4 heterocycles. The third-order valence-corrected chi connectivity index (χ3v) is 7.27. The summed E-state index contributed by atoms with van der Waals surface area (Å²) < 4.78 is 48.7. The van der Waals surface area contributed by atoms with E-state index in [1.165, 1.54) is 6.07 Å². The summed E-state index contributed by atoms with van der Waals surface area (Å²) in [5.41, 5.74) is 0.950. The van der Waals surface area contributed by atoms with Crippen LogP contribution in [0.15, 0.2) is 24.4 Å². The van der Waals surface area contributed by atoms with E-state index in [1.807, 2.05) is 6.07 Å². The lowest BCUT2D eigenvalue weighted by Crippen LogP contribution is -2.48. The Bertz CT molecular complexity index is 1240. The van der Waals surface area contributed by atoms with Crippen LogP contribution in [-0.4, -0.2) is 57.7 Å². The summed E-state index contributed by atoms with van der Waals surface area (Å²) in [6, 6.07) is 4.28. The molecule has 2 bridgehead atoms. The van der Waals surface area contributed by atoms with Crippen LogP contribution in [0.3, 0.4) is 0 Å². The predicted octanol–water partition coefficient (Wildman–Crippen LogP) is 3.36. The number of hydrogen-bond donors (Lipinski definition) is 1. The molecule has 3 aromatic rings. The van der Waals surface area contributed by atoms with Crippen molar-refractivity contribution in [2.75, 3.05) is 41.9 Å². The quantitative estimate of drug-likeness (QED) is 0.550. The third kappa shape index (κ3) is 3.80. The third-order valence-electron chi connectivity index (χ3n) is 7.27. The molecule has 1 N–H and O–H groups in total. The van der Waals surface area contributed by atoms with Gasteiger partial charge in [-0.05, 0) is 43.2 Å². The van der Waals surface area contributed by atoms with Gasteiger partial charge in [-0.1, -0.05) is 0 Å². The second-order valence-corrected chi connectivity index (χ2v) is 9.29. The summed E-state index contributed by atoms with van der Waals surface area (Å²) in [4.78, 5) is 8.50. The molecular weight excluding hydrogens is 461 g/mol. The Morgan fingerprint density at radius 3 is 2.63 bits per heavy atom. The number of fused-ring (bicyclic) bond motifs is 3. The summed E-state index contributed by atoms with van der Waals surface area (Å²) >= 11 is 0. The standard InChI is InChI=1S/C23H25F3N8O/c1-35-18-9-15(10-27-30-18)32-11-13-3-4-14(12-32)21(13)28-22-29-23-33(7-2-8-34(23)31-22)17-6-5-16(24)19(25)20(17)26/h5-6,9-10,13-14,21H,2-4,7-8,11-12H2,1H3,(H,28,31)/t13-,14+,21+. The summed E-state index contributed by atoms with van der Waals surface area (Å²) in [7, 11) is 1.58. The Balaban J connectivity index is 1.21. The van der Waals surface area contributed by atoms with E-state index in [2.05, 4.69) is 30.5 Å². The maximum atomic E-state index is 14.5. The first-order valence-electron chi connectivity index (χ1n) is 11.8. The molecule has 2 aliphatic heterocycles. The van der Waals surface area contributed by atoms with Crippen LogP contribution in [0.1, 0.15) is 19.3 Å². The highest BCUT2D eigenvalue weighted by molar-refractivity contribution is 5.60. The molecule has 0 spiro atoms. The fourth-order valence-electron chi connectivity index (χ4n) is 5.60. The number of aromatic nitrogens is 5. The molecular formula is C23H25F3N8O. The average molecular weight is 487 g/mol. The average Bonchev–Trinajstić information content (AvgIpc) is 3.38. The molecule has 0 amide bonds. The van der Waals surface area contributed by atoms with Crippen molar-refractivity contribution < 1.29 is 17.9 Å². The Morgan fingerprint density at radius 2 is 1.86 bits per heavy atom. The number of ether oxygens (including phenoxy) is 1. The molecule has 9 nitrogen and oxygen atoms in total. The zero-order valence-electron chi connectivity index (χ0n) is 19.2. The Morgan fingerprint density at radius 1 is 1.06 bits per heavy atom. The van der Waals surface area contributed by atoms with Crippen molar-refractivity contribution in [1.29, 1.82) is 0 Å². The normalized spacial score (nSPS) is 23.4. The second-order valence-electron chi connectivity index (χ2n) is 9.29. The van der Waals surface area contributed by atoms with Gasteiger partial charge in [-0.15, -0.1) is 10.2 Å². The van der Waals surface area contributed by atoms with E-state index in [0.29, 0.717) is 49.1 Å². The molecule has 12 heteroatoms. The van der Waals surface area contributed by atoms with Crippen molar-refractivity contribution in [2.24, 2.45) is 11.8 Å². The molecule has 1 aromatic carbocycles. The van der Waals surface area contributed by atoms with E-state index < -0.39 is 17.5 Å². The Labute approximate surface area is 199 Å². The Hall–Kier alpha value is -3.57. The molecule has 1 aliphatic carbocycles. The Kier molecular flexibility index (Phi) is 5.37. The maximum Gasteiger partial charge on any atom is 0.244 e. The number of rotatable bonds is 5. The fourth-order valence-corrected chi connectivity index (χ4v) is 5.60. The summed E-state index contributed by atoms with van der Waals surface area (Å²) in [6.07, 6.45) is 4.62. The van der Waals surface area contributed by atoms with Gasteiger partial charge in [-0.3, -0.25) is 0 Å². The number of piperidine rings is 1. The first kappa shape index (κ1) is 21.9. The second kappa shape index (κ2) is 8.58. The van der Waals surface area contributed by atoms with Crippen LogP contribution < -0.4 is 19.9 Å². The van der Waals surface area contributed by atoms with Crippen molar-refractivity contribution in [3.63, 3.8) is 0 Å². The number of nitrogens with zero attached hydrogens (tertiary/aromatic N) is 7. The number of benzene rings is 1. The van der Waals surface area contributed by atoms with Crippen molar-refractivity contribution in [3.05, 3.63) is 41.8 Å². The zero-order valence-corrected chi connectivity index (χ0v) is 19.2. The number of anilines is 4.